The Kier molecular flexibility index (Phi) is 2.92. The largest absolute Gasteiger partial charge is 0.478 e. The lowest BCUT2D eigenvalue weighted by Crippen LogP contribution is -2.34. The van der Waals surface area contributed by atoms with E-state index in [9.17, 15) is 9.18 Å². The van der Waals surface area contributed by atoms with Crippen LogP contribution in [0.3, 0.4) is 0 Å². The molecule has 92 valence electrons. The Labute approximate surface area is 98.6 Å². The second kappa shape index (κ2) is 4.24. The van der Waals surface area contributed by atoms with Crippen LogP contribution in [-0.2, 0) is 0 Å². The van der Waals surface area contributed by atoms with Crippen molar-refractivity contribution in [3.63, 3.8) is 0 Å². The molecule has 0 bridgehead atoms. The van der Waals surface area contributed by atoms with Gasteiger partial charge in [-0.2, -0.15) is 0 Å². The van der Waals surface area contributed by atoms with E-state index in [0.717, 1.165) is 25.0 Å². The first kappa shape index (κ1) is 11.7. The van der Waals surface area contributed by atoms with Gasteiger partial charge in [0.15, 0.2) is 0 Å². The average Bonchev–Trinajstić information content (AvgIpc) is 2.20. The first-order chi connectivity index (χ1) is 7.97. The lowest BCUT2D eigenvalue weighted by Gasteiger charge is -2.34. The maximum Gasteiger partial charge on any atom is 0.338 e. The molecule has 17 heavy (non-hydrogen) atoms. The molecule has 1 aromatic rings. The predicted molar refractivity (Wildman–Crippen MR) is 63.6 cm³/mol. The van der Waals surface area contributed by atoms with Gasteiger partial charge in [0.05, 0.1) is 16.9 Å². The van der Waals surface area contributed by atoms with Gasteiger partial charge in [0.1, 0.15) is 5.82 Å². The van der Waals surface area contributed by atoms with Crippen molar-refractivity contribution in [2.24, 2.45) is 5.92 Å². The minimum Gasteiger partial charge on any atom is -0.478 e. The van der Waals surface area contributed by atoms with Crippen LogP contribution in [0.2, 0.25) is 0 Å². The van der Waals surface area contributed by atoms with Crippen LogP contribution < -0.4 is 11.1 Å². The van der Waals surface area contributed by atoms with Crippen LogP contribution in [0.25, 0.3) is 0 Å². The Morgan fingerprint density at radius 1 is 1.53 bits per heavy atom. The van der Waals surface area contributed by atoms with E-state index in [1.54, 1.807) is 0 Å². The molecule has 1 aliphatic carbocycles. The summed E-state index contributed by atoms with van der Waals surface area (Å²) in [4.78, 5) is 10.7. The number of carboxylic acid groups (broad SMARTS) is 1. The Balaban J connectivity index is 2.18. The van der Waals surface area contributed by atoms with Crippen molar-refractivity contribution < 1.29 is 14.3 Å². The van der Waals surface area contributed by atoms with Gasteiger partial charge in [-0.05, 0) is 30.9 Å². The molecule has 0 heterocycles. The standard InChI is InChI=1S/C12H15FN2O2/c1-6-2-7(3-6)15-11-5-9(13)8(12(16)17)4-10(11)14/h4-7,15H,2-3,14H2,1H3,(H,16,17). The predicted octanol–water partition coefficient (Wildman–Crippen LogP) is 2.32. The number of hydrogen-bond donors (Lipinski definition) is 3. The van der Waals surface area contributed by atoms with Crippen LogP contribution in [0.5, 0.6) is 0 Å². The van der Waals surface area contributed by atoms with Gasteiger partial charge in [0.25, 0.3) is 0 Å². The molecule has 1 aromatic carbocycles. The summed E-state index contributed by atoms with van der Waals surface area (Å²) in [5.41, 5.74) is 6.05. The molecule has 1 saturated carbocycles. The average molecular weight is 238 g/mol. The van der Waals surface area contributed by atoms with E-state index in [-0.39, 0.29) is 5.69 Å². The number of carbonyl (C=O) groups is 1. The van der Waals surface area contributed by atoms with Gasteiger partial charge in [-0.15, -0.1) is 0 Å². The van der Waals surface area contributed by atoms with Crippen LogP contribution in [0.1, 0.15) is 30.1 Å². The molecule has 0 unspecified atom stereocenters. The quantitative estimate of drug-likeness (QED) is 0.706. The number of nitrogens with two attached hydrogens (primary N) is 1. The SMILES string of the molecule is CC1CC(Nc2cc(F)c(C(=O)O)cc2N)C1. The molecule has 0 atom stereocenters. The maximum absolute atomic E-state index is 13.5. The number of halogens is 1. The minimum absolute atomic E-state index is 0.267. The molecule has 0 aliphatic heterocycles. The number of carboxylic acids is 1. The Hall–Kier alpha value is -1.78. The number of aromatic carboxylic acids is 1. The topological polar surface area (TPSA) is 75.3 Å². The third-order valence-corrected chi connectivity index (χ3v) is 3.10. The highest BCUT2D eigenvalue weighted by Crippen LogP contribution is 2.32. The first-order valence-corrected chi connectivity index (χ1v) is 5.56. The third kappa shape index (κ3) is 2.33. The van der Waals surface area contributed by atoms with Crippen molar-refractivity contribution in [3.8, 4) is 0 Å². The maximum atomic E-state index is 13.5. The van der Waals surface area contributed by atoms with Crippen molar-refractivity contribution in [1.29, 1.82) is 0 Å². The molecule has 4 nitrogen and oxygen atoms in total. The fourth-order valence-electron chi connectivity index (χ4n) is 2.12. The van der Waals surface area contributed by atoms with Crippen LogP contribution in [-0.4, -0.2) is 17.1 Å². The highest BCUT2D eigenvalue weighted by atomic mass is 19.1. The Morgan fingerprint density at radius 3 is 2.71 bits per heavy atom. The molecule has 0 aromatic heterocycles. The van der Waals surface area contributed by atoms with Gasteiger partial charge in [-0.25, -0.2) is 9.18 Å². The lowest BCUT2D eigenvalue weighted by molar-refractivity contribution is 0.0692. The second-order valence-electron chi connectivity index (χ2n) is 4.64. The van der Waals surface area contributed by atoms with Crippen LogP contribution in [0.15, 0.2) is 12.1 Å². The number of hydrogen-bond acceptors (Lipinski definition) is 3. The highest BCUT2D eigenvalue weighted by molar-refractivity contribution is 5.90. The highest BCUT2D eigenvalue weighted by Gasteiger charge is 2.26. The fraction of sp³-hybridized carbons (Fsp3) is 0.417. The molecule has 1 aliphatic rings. The first-order valence-electron chi connectivity index (χ1n) is 5.56. The molecule has 0 amide bonds. The van der Waals surface area contributed by atoms with E-state index in [2.05, 4.69) is 12.2 Å². The van der Waals surface area contributed by atoms with Gasteiger partial charge >= 0.3 is 5.97 Å². The second-order valence-corrected chi connectivity index (χ2v) is 4.64. The van der Waals surface area contributed by atoms with Gasteiger partial charge in [-0.1, -0.05) is 6.92 Å². The van der Waals surface area contributed by atoms with E-state index in [4.69, 9.17) is 10.8 Å². The van der Waals surface area contributed by atoms with Crippen molar-refractivity contribution in [1.82, 2.24) is 0 Å². The van der Waals surface area contributed by atoms with E-state index >= 15 is 0 Å². The van der Waals surface area contributed by atoms with Crippen LogP contribution in [0.4, 0.5) is 15.8 Å². The van der Waals surface area contributed by atoms with Crippen molar-refractivity contribution >= 4 is 17.3 Å². The number of anilines is 2. The molecule has 4 N–H and O–H groups in total. The van der Waals surface area contributed by atoms with Gasteiger partial charge in [0.2, 0.25) is 0 Å². The summed E-state index contributed by atoms with van der Waals surface area (Å²) in [5, 5.41) is 11.9. The summed E-state index contributed by atoms with van der Waals surface area (Å²) in [6.07, 6.45) is 2.06. The zero-order valence-electron chi connectivity index (χ0n) is 9.53. The summed E-state index contributed by atoms with van der Waals surface area (Å²) in [5.74, 6) is -1.39. The Bertz CT molecular complexity index is 456. The van der Waals surface area contributed by atoms with E-state index in [1.807, 2.05) is 0 Å². The zero-order valence-corrected chi connectivity index (χ0v) is 9.53. The summed E-state index contributed by atoms with van der Waals surface area (Å²) in [6.45, 7) is 2.15. The molecule has 2 rings (SSSR count). The van der Waals surface area contributed by atoms with Gasteiger partial charge in [-0.3, -0.25) is 0 Å². The zero-order chi connectivity index (χ0) is 12.6. The number of benzene rings is 1. The smallest absolute Gasteiger partial charge is 0.338 e. The Morgan fingerprint density at radius 2 is 2.18 bits per heavy atom. The third-order valence-electron chi connectivity index (χ3n) is 3.10. The van der Waals surface area contributed by atoms with Gasteiger partial charge in [0, 0.05) is 6.04 Å². The van der Waals surface area contributed by atoms with Crippen molar-refractivity contribution in [2.45, 2.75) is 25.8 Å². The van der Waals surface area contributed by atoms with Crippen LogP contribution in [0, 0.1) is 11.7 Å². The van der Waals surface area contributed by atoms with E-state index < -0.39 is 17.3 Å². The summed E-state index contributed by atoms with van der Waals surface area (Å²) in [6, 6.07) is 2.62. The molecular formula is C12H15FN2O2. The molecule has 1 fully saturated rings. The fourth-order valence-corrected chi connectivity index (χ4v) is 2.12. The molecule has 5 heteroatoms. The lowest BCUT2D eigenvalue weighted by atomic mass is 9.82. The molecular weight excluding hydrogens is 223 g/mol. The normalized spacial score (nSPS) is 22.9. The molecule has 0 spiro atoms. The van der Waals surface area contributed by atoms with Crippen LogP contribution >= 0.6 is 0 Å². The number of rotatable bonds is 3. The summed E-state index contributed by atoms with van der Waals surface area (Å²) >= 11 is 0. The number of nitrogens with one attached hydrogen (secondary N) is 1. The minimum atomic E-state index is -1.31. The van der Waals surface area contributed by atoms with Crippen molar-refractivity contribution in [2.75, 3.05) is 11.1 Å². The van der Waals surface area contributed by atoms with E-state index in [0.29, 0.717) is 17.6 Å². The van der Waals surface area contributed by atoms with Crippen molar-refractivity contribution in [3.05, 3.63) is 23.5 Å². The van der Waals surface area contributed by atoms with E-state index in [1.165, 1.54) is 0 Å². The number of nitrogen functional groups attached to an aromatic ring is 1. The molecule has 0 radical (unpaired) electrons. The van der Waals surface area contributed by atoms with Gasteiger partial charge < -0.3 is 16.2 Å². The molecule has 0 saturated heterocycles. The summed E-state index contributed by atoms with van der Waals surface area (Å²) in [7, 11) is 0. The summed E-state index contributed by atoms with van der Waals surface area (Å²) < 4.78 is 13.5. The monoisotopic (exact) mass is 238 g/mol.